The first kappa shape index (κ1) is 22.4. The summed E-state index contributed by atoms with van der Waals surface area (Å²) in [4.78, 5) is 24.9. The van der Waals surface area contributed by atoms with Crippen LogP contribution >= 0.6 is 23.1 Å². The molecule has 0 spiro atoms. The fourth-order valence-corrected chi connectivity index (χ4v) is 5.38. The van der Waals surface area contributed by atoms with E-state index in [0.29, 0.717) is 13.0 Å². The molecule has 4 aromatic rings. The summed E-state index contributed by atoms with van der Waals surface area (Å²) in [5, 5.41) is 0.724. The van der Waals surface area contributed by atoms with E-state index in [1.165, 1.54) is 17.7 Å². The summed E-state index contributed by atoms with van der Waals surface area (Å²) < 4.78 is 14.2. The maximum absolute atomic E-state index is 13.3. The van der Waals surface area contributed by atoms with E-state index < -0.39 is 0 Å². The van der Waals surface area contributed by atoms with Gasteiger partial charge < -0.3 is 0 Å². The molecule has 0 aliphatic heterocycles. The van der Waals surface area contributed by atoms with Gasteiger partial charge in [-0.05, 0) is 85.2 Å². The van der Waals surface area contributed by atoms with Crippen LogP contribution in [0.5, 0.6) is 0 Å². The lowest BCUT2D eigenvalue weighted by atomic mass is 10.1. The monoisotopic (exact) mass is 465 g/mol. The second-order valence-electron chi connectivity index (χ2n) is 7.67. The van der Waals surface area contributed by atoms with Crippen molar-refractivity contribution >= 4 is 44.4 Å². The standard InChI is InChI=1S/C25H24FN3OS2/c1-17-14-18(2)24-22(15-17)28-25(32-24)29(16-19-9-11-27-12-10-19)23(30)4-3-13-31-21-7-5-20(26)6-8-21/h5-12,14-15H,3-4,13,16H2,1-2H3. The summed E-state index contributed by atoms with van der Waals surface area (Å²) >= 11 is 3.19. The van der Waals surface area contributed by atoms with Crippen LogP contribution < -0.4 is 4.90 Å². The molecular weight excluding hydrogens is 441 g/mol. The molecule has 1 amide bonds. The molecule has 0 saturated heterocycles. The Morgan fingerprint density at radius 2 is 1.84 bits per heavy atom. The van der Waals surface area contributed by atoms with Gasteiger partial charge in [0.15, 0.2) is 5.13 Å². The van der Waals surface area contributed by atoms with Crippen LogP contribution in [0.3, 0.4) is 0 Å². The number of rotatable bonds is 8. The molecule has 4 nitrogen and oxygen atoms in total. The third-order valence-electron chi connectivity index (χ3n) is 5.05. The third-order valence-corrected chi connectivity index (χ3v) is 7.38. The van der Waals surface area contributed by atoms with Crippen LogP contribution in [0.15, 0.2) is 65.8 Å². The van der Waals surface area contributed by atoms with Gasteiger partial charge in [-0.3, -0.25) is 14.7 Å². The van der Waals surface area contributed by atoms with Crippen molar-refractivity contribution < 1.29 is 9.18 Å². The number of thiazole rings is 1. The van der Waals surface area contributed by atoms with E-state index >= 15 is 0 Å². The average molecular weight is 466 g/mol. The van der Waals surface area contributed by atoms with E-state index in [-0.39, 0.29) is 11.7 Å². The van der Waals surface area contributed by atoms with E-state index in [9.17, 15) is 9.18 Å². The molecule has 0 unspecified atom stereocenters. The summed E-state index contributed by atoms with van der Waals surface area (Å²) in [5.41, 5.74) is 4.29. The molecule has 0 aliphatic carbocycles. The second kappa shape index (κ2) is 10.2. The number of anilines is 1. The molecule has 0 fully saturated rings. The zero-order valence-corrected chi connectivity index (χ0v) is 19.7. The van der Waals surface area contributed by atoms with Crippen LogP contribution in [0.1, 0.15) is 29.5 Å². The van der Waals surface area contributed by atoms with Gasteiger partial charge in [0, 0.05) is 23.7 Å². The number of aromatic nitrogens is 2. The molecule has 0 saturated carbocycles. The van der Waals surface area contributed by atoms with E-state index in [4.69, 9.17) is 4.98 Å². The Hall–Kier alpha value is -2.77. The van der Waals surface area contributed by atoms with Gasteiger partial charge in [-0.25, -0.2) is 9.37 Å². The zero-order valence-electron chi connectivity index (χ0n) is 18.0. The van der Waals surface area contributed by atoms with Crippen LogP contribution in [-0.4, -0.2) is 21.6 Å². The number of halogens is 1. The van der Waals surface area contributed by atoms with Gasteiger partial charge in [0.05, 0.1) is 16.8 Å². The minimum atomic E-state index is -0.238. The first-order chi connectivity index (χ1) is 15.5. The Labute approximate surface area is 195 Å². The zero-order chi connectivity index (χ0) is 22.5. The lowest BCUT2D eigenvalue weighted by molar-refractivity contribution is -0.118. The second-order valence-corrected chi connectivity index (χ2v) is 9.81. The normalized spacial score (nSPS) is 11.1. The van der Waals surface area contributed by atoms with E-state index in [2.05, 4.69) is 31.0 Å². The number of pyridine rings is 1. The Kier molecular flexibility index (Phi) is 7.17. The molecule has 2 heterocycles. The van der Waals surface area contributed by atoms with Crippen molar-refractivity contribution in [3.05, 3.63) is 83.4 Å². The van der Waals surface area contributed by atoms with Crippen molar-refractivity contribution in [2.24, 2.45) is 0 Å². The molecule has 0 atom stereocenters. The van der Waals surface area contributed by atoms with Crippen molar-refractivity contribution in [3.8, 4) is 0 Å². The van der Waals surface area contributed by atoms with Crippen molar-refractivity contribution in [3.63, 3.8) is 0 Å². The number of benzene rings is 2. The highest BCUT2D eigenvalue weighted by Crippen LogP contribution is 2.33. The highest BCUT2D eigenvalue weighted by molar-refractivity contribution is 7.99. The fourth-order valence-electron chi connectivity index (χ4n) is 3.49. The van der Waals surface area contributed by atoms with Gasteiger partial charge >= 0.3 is 0 Å². The highest BCUT2D eigenvalue weighted by Gasteiger charge is 2.20. The van der Waals surface area contributed by atoms with Gasteiger partial charge in [0.1, 0.15) is 5.82 Å². The smallest absolute Gasteiger partial charge is 0.229 e. The van der Waals surface area contributed by atoms with Gasteiger partial charge in [-0.2, -0.15) is 0 Å². The largest absolute Gasteiger partial charge is 0.284 e. The summed E-state index contributed by atoms with van der Waals surface area (Å²) in [6.07, 6.45) is 4.64. The van der Waals surface area contributed by atoms with Gasteiger partial charge in [-0.1, -0.05) is 17.4 Å². The highest BCUT2D eigenvalue weighted by atomic mass is 32.2. The summed E-state index contributed by atoms with van der Waals surface area (Å²) in [5.74, 6) is 0.603. The van der Waals surface area contributed by atoms with Crippen molar-refractivity contribution in [2.75, 3.05) is 10.7 Å². The number of hydrogen-bond acceptors (Lipinski definition) is 5. The maximum atomic E-state index is 13.3. The van der Waals surface area contributed by atoms with Gasteiger partial charge in [-0.15, -0.1) is 11.8 Å². The Morgan fingerprint density at radius 1 is 1.09 bits per heavy atom. The molecule has 0 radical (unpaired) electrons. The molecule has 0 aliphatic rings. The van der Waals surface area contributed by atoms with Gasteiger partial charge in [0.2, 0.25) is 5.91 Å². The quantitative estimate of drug-likeness (QED) is 0.219. The lowest BCUT2D eigenvalue weighted by Gasteiger charge is -2.20. The molecule has 0 bridgehead atoms. The summed E-state index contributed by atoms with van der Waals surface area (Å²) in [7, 11) is 0. The number of carbonyl (C=O) groups excluding carboxylic acids is 1. The molecule has 7 heteroatoms. The van der Waals surface area contributed by atoms with Crippen LogP contribution in [0.25, 0.3) is 10.2 Å². The third kappa shape index (κ3) is 5.53. The maximum Gasteiger partial charge on any atom is 0.229 e. The topological polar surface area (TPSA) is 46.1 Å². The number of carbonyl (C=O) groups is 1. The number of amides is 1. The molecule has 0 N–H and O–H groups in total. The number of thioether (sulfide) groups is 1. The lowest BCUT2D eigenvalue weighted by Crippen LogP contribution is -2.30. The van der Waals surface area contributed by atoms with Crippen LogP contribution in [-0.2, 0) is 11.3 Å². The Balaban J connectivity index is 1.49. The predicted molar refractivity (Wildman–Crippen MR) is 131 cm³/mol. The van der Waals surface area contributed by atoms with Crippen molar-refractivity contribution in [1.29, 1.82) is 0 Å². The van der Waals surface area contributed by atoms with Crippen LogP contribution in [0.4, 0.5) is 9.52 Å². The molecule has 164 valence electrons. The molecular formula is C25H24FN3OS2. The van der Waals surface area contributed by atoms with Crippen molar-refractivity contribution in [2.45, 2.75) is 38.1 Å². The van der Waals surface area contributed by atoms with E-state index in [1.54, 1.807) is 52.5 Å². The molecule has 2 aromatic heterocycles. The Morgan fingerprint density at radius 3 is 2.59 bits per heavy atom. The van der Waals surface area contributed by atoms with Crippen LogP contribution in [0, 0.1) is 19.7 Å². The first-order valence-electron chi connectivity index (χ1n) is 10.4. The number of nitrogens with zero attached hydrogens (tertiary/aromatic N) is 3. The minimum Gasteiger partial charge on any atom is -0.284 e. The molecule has 32 heavy (non-hydrogen) atoms. The minimum absolute atomic E-state index is 0.0509. The molecule has 4 rings (SSSR count). The summed E-state index contributed by atoms with van der Waals surface area (Å²) in [6, 6.07) is 14.5. The van der Waals surface area contributed by atoms with Crippen LogP contribution in [0.2, 0.25) is 0 Å². The summed E-state index contributed by atoms with van der Waals surface area (Å²) in [6.45, 7) is 4.60. The fraction of sp³-hybridized carbons (Fsp3) is 0.240. The SMILES string of the molecule is Cc1cc(C)c2sc(N(Cc3ccncc3)C(=O)CCCSc3ccc(F)cc3)nc2c1. The van der Waals surface area contributed by atoms with E-state index in [1.807, 2.05) is 12.1 Å². The average Bonchev–Trinajstić information content (AvgIpc) is 3.21. The van der Waals surface area contributed by atoms with Crippen molar-refractivity contribution in [1.82, 2.24) is 9.97 Å². The number of fused-ring (bicyclic) bond motifs is 1. The van der Waals surface area contributed by atoms with E-state index in [0.717, 1.165) is 43.5 Å². The Bertz CT molecular complexity index is 1210. The predicted octanol–water partition coefficient (Wildman–Crippen LogP) is 6.55. The number of hydrogen-bond donors (Lipinski definition) is 0. The van der Waals surface area contributed by atoms with Gasteiger partial charge in [0.25, 0.3) is 0 Å². The first-order valence-corrected chi connectivity index (χ1v) is 12.3. The molecule has 2 aromatic carbocycles. The number of aryl methyl sites for hydroxylation is 2.